The van der Waals surface area contributed by atoms with Gasteiger partial charge in [0, 0.05) is 6.54 Å². The number of aromatic nitrogens is 1. The first-order chi connectivity index (χ1) is 5.69. The molecular weight excluding hydrogens is 174 g/mol. The molecule has 0 spiro atoms. The van der Waals surface area contributed by atoms with Crippen LogP contribution in [-0.2, 0) is 6.61 Å². The summed E-state index contributed by atoms with van der Waals surface area (Å²) >= 11 is 1.43. The van der Waals surface area contributed by atoms with Gasteiger partial charge in [-0.25, -0.2) is 4.98 Å². The van der Waals surface area contributed by atoms with Gasteiger partial charge in [-0.1, -0.05) is 0 Å². The molecule has 1 atom stereocenters. The predicted octanol–water partition coefficient (Wildman–Crippen LogP) is -0.0977. The van der Waals surface area contributed by atoms with Crippen molar-refractivity contribution in [3.05, 3.63) is 15.6 Å². The fourth-order valence-electron chi connectivity index (χ4n) is 0.857. The van der Waals surface area contributed by atoms with Crippen molar-refractivity contribution < 1.29 is 5.11 Å². The molecule has 4 nitrogen and oxygen atoms in total. The molecule has 0 radical (unpaired) electrons. The van der Waals surface area contributed by atoms with E-state index in [2.05, 4.69) is 4.98 Å². The van der Waals surface area contributed by atoms with Crippen LogP contribution in [0.2, 0.25) is 0 Å². The molecule has 12 heavy (non-hydrogen) atoms. The number of hydrogen-bond acceptors (Lipinski definition) is 5. The molecular formula is C7H13N3OS. The Kier molecular flexibility index (Phi) is 3.16. The summed E-state index contributed by atoms with van der Waals surface area (Å²) in [5.41, 5.74) is 11.9. The molecule has 1 rings (SSSR count). The van der Waals surface area contributed by atoms with E-state index in [1.807, 2.05) is 6.92 Å². The fraction of sp³-hybridized carbons (Fsp3) is 0.571. The number of rotatable bonds is 3. The Balaban J connectivity index is 2.88. The van der Waals surface area contributed by atoms with Crippen LogP contribution in [0.1, 0.15) is 21.6 Å². The molecule has 1 aromatic rings. The predicted molar refractivity (Wildman–Crippen MR) is 48.8 cm³/mol. The van der Waals surface area contributed by atoms with Crippen molar-refractivity contribution in [2.75, 3.05) is 6.54 Å². The smallest absolute Gasteiger partial charge is 0.111 e. The molecule has 1 heterocycles. The normalized spacial score (nSPS) is 13.3. The minimum atomic E-state index is -0.200. The van der Waals surface area contributed by atoms with Crippen LogP contribution in [-0.4, -0.2) is 16.6 Å². The zero-order chi connectivity index (χ0) is 9.14. The number of nitrogens with zero attached hydrogens (tertiary/aromatic N) is 1. The second-order valence-electron chi connectivity index (χ2n) is 2.56. The highest BCUT2D eigenvalue weighted by Gasteiger charge is 2.11. The molecule has 0 amide bonds. The maximum atomic E-state index is 8.88. The Morgan fingerprint density at radius 3 is 2.75 bits per heavy atom. The molecule has 0 saturated heterocycles. The molecule has 1 unspecified atom stereocenters. The maximum absolute atomic E-state index is 8.88. The maximum Gasteiger partial charge on any atom is 0.111 e. The molecule has 0 saturated carbocycles. The largest absolute Gasteiger partial charge is 0.391 e. The van der Waals surface area contributed by atoms with Gasteiger partial charge in [0.15, 0.2) is 0 Å². The highest BCUT2D eigenvalue weighted by atomic mass is 32.1. The van der Waals surface area contributed by atoms with Crippen molar-refractivity contribution in [1.29, 1.82) is 0 Å². The third kappa shape index (κ3) is 1.81. The van der Waals surface area contributed by atoms with E-state index < -0.39 is 0 Å². The van der Waals surface area contributed by atoms with Crippen LogP contribution >= 0.6 is 11.3 Å². The van der Waals surface area contributed by atoms with E-state index in [4.69, 9.17) is 16.6 Å². The molecule has 68 valence electrons. The Morgan fingerprint density at radius 2 is 2.33 bits per heavy atom. The standard InChI is InChI=1S/C7H13N3OS/c1-4-6(3-11)12-7(10-4)5(9)2-8/h5,11H,2-3,8-9H2,1H3. The lowest BCUT2D eigenvalue weighted by molar-refractivity contribution is 0.284. The first-order valence-corrected chi connectivity index (χ1v) is 4.53. The summed E-state index contributed by atoms with van der Waals surface area (Å²) in [4.78, 5) is 5.08. The highest BCUT2D eigenvalue weighted by Crippen LogP contribution is 2.21. The van der Waals surface area contributed by atoms with E-state index in [0.717, 1.165) is 15.6 Å². The fourth-order valence-corrected chi connectivity index (χ4v) is 1.80. The Labute approximate surface area is 75.2 Å². The van der Waals surface area contributed by atoms with Crippen molar-refractivity contribution in [1.82, 2.24) is 4.98 Å². The molecule has 5 N–H and O–H groups in total. The van der Waals surface area contributed by atoms with Gasteiger partial charge >= 0.3 is 0 Å². The zero-order valence-electron chi connectivity index (χ0n) is 6.95. The van der Waals surface area contributed by atoms with E-state index in [9.17, 15) is 0 Å². The highest BCUT2D eigenvalue weighted by molar-refractivity contribution is 7.11. The van der Waals surface area contributed by atoms with Crippen molar-refractivity contribution in [2.24, 2.45) is 11.5 Å². The van der Waals surface area contributed by atoms with Gasteiger partial charge in [0.25, 0.3) is 0 Å². The first kappa shape index (κ1) is 9.60. The quantitative estimate of drug-likeness (QED) is 0.617. The molecule has 0 aromatic carbocycles. The van der Waals surface area contributed by atoms with Gasteiger partial charge < -0.3 is 16.6 Å². The minimum Gasteiger partial charge on any atom is -0.391 e. The van der Waals surface area contributed by atoms with Crippen LogP contribution in [0.15, 0.2) is 0 Å². The Bertz CT molecular complexity index is 261. The van der Waals surface area contributed by atoms with Crippen LogP contribution in [0.3, 0.4) is 0 Å². The van der Waals surface area contributed by atoms with Gasteiger partial charge in [0.05, 0.1) is 23.2 Å². The van der Waals surface area contributed by atoms with Gasteiger partial charge in [-0.3, -0.25) is 0 Å². The average Bonchev–Trinajstić information content (AvgIpc) is 2.45. The monoisotopic (exact) mass is 187 g/mol. The zero-order valence-corrected chi connectivity index (χ0v) is 7.77. The number of nitrogens with two attached hydrogens (primary N) is 2. The topological polar surface area (TPSA) is 85.2 Å². The second-order valence-corrected chi connectivity index (χ2v) is 3.68. The van der Waals surface area contributed by atoms with Gasteiger partial charge in [-0.2, -0.15) is 0 Å². The Morgan fingerprint density at radius 1 is 1.67 bits per heavy atom. The van der Waals surface area contributed by atoms with Gasteiger partial charge in [-0.05, 0) is 6.92 Å². The summed E-state index contributed by atoms with van der Waals surface area (Å²) in [5.74, 6) is 0. The van der Waals surface area contributed by atoms with E-state index in [0.29, 0.717) is 6.54 Å². The molecule has 1 aromatic heterocycles. The Hall–Kier alpha value is -0.490. The van der Waals surface area contributed by atoms with E-state index in [1.54, 1.807) is 0 Å². The van der Waals surface area contributed by atoms with Crippen LogP contribution in [0, 0.1) is 6.92 Å². The van der Waals surface area contributed by atoms with Crippen molar-refractivity contribution in [3.8, 4) is 0 Å². The van der Waals surface area contributed by atoms with E-state index in [1.165, 1.54) is 11.3 Å². The number of aryl methyl sites for hydroxylation is 1. The molecule has 0 fully saturated rings. The van der Waals surface area contributed by atoms with Gasteiger partial charge in [0.2, 0.25) is 0 Å². The summed E-state index contributed by atoms with van der Waals surface area (Å²) in [6, 6.07) is -0.200. The molecule has 0 aliphatic rings. The third-order valence-electron chi connectivity index (χ3n) is 1.62. The van der Waals surface area contributed by atoms with Gasteiger partial charge in [0.1, 0.15) is 5.01 Å². The molecule has 0 aliphatic carbocycles. The number of aliphatic hydroxyl groups excluding tert-OH is 1. The molecule has 5 heteroatoms. The number of aliphatic hydroxyl groups is 1. The number of hydrogen-bond donors (Lipinski definition) is 3. The van der Waals surface area contributed by atoms with Gasteiger partial charge in [-0.15, -0.1) is 11.3 Å². The first-order valence-electron chi connectivity index (χ1n) is 3.71. The molecule has 0 aliphatic heterocycles. The lowest BCUT2D eigenvalue weighted by Crippen LogP contribution is -2.20. The lowest BCUT2D eigenvalue weighted by atomic mass is 10.3. The summed E-state index contributed by atoms with van der Waals surface area (Å²) in [6.45, 7) is 2.27. The summed E-state index contributed by atoms with van der Waals surface area (Å²) in [7, 11) is 0. The van der Waals surface area contributed by atoms with Crippen molar-refractivity contribution >= 4 is 11.3 Å². The second kappa shape index (κ2) is 3.95. The van der Waals surface area contributed by atoms with Crippen LogP contribution in [0.5, 0.6) is 0 Å². The van der Waals surface area contributed by atoms with E-state index >= 15 is 0 Å². The summed E-state index contributed by atoms with van der Waals surface area (Å²) in [6.07, 6.45) is 0. The summed E-state index contributed by atoms with van der Waals surface area (Å²) < 4.78 is 0. The SMILES string of the molecule is Cc1nc(C(N)CN)sc1CO. The molecule has 0 bridgehead atoms. The minimum absolute atomic E-state index is 0.0286. The van der Waals surface area contributed by atoms with Crippen LogP contribution in [0.25, 0.3) is 0 Å². The van der Waals surface area contributed by atoms with Crippen molar-refractivity contribution in [3.63, 3.8) is 0 Å². The van der Waals surface area contributed by atoms with E-state index in [-0.39, 0.29) is 12.6 Å². The number of thiazole rings is 1. The average molecular weight is 187 g/mol. The van der Waals surface area contributed by atoms with Crippen molar-refractivity contribution in [2.45, 2.75) is 19.6 Å². The van der Waals surface area contributed by atoms with Crippen LogP contribution in [0.4, 0.5) is 0 Å². The summed E-state index contributed by atoms with van der Waals surface area (Å²) in [5, 5.41) is 9.69. The van der Waals surface area contributed by atoms with Crippen LogP contribution < -0.4 is 11.5 Å². The third-order valence-corrected chi connectivity index (χ3v) is 2.90. The lowest BCUT2D eigenvalue weighted by Gasteiger charge is -2.01.